The molecule has 3 heterocycles. The van der Waals surface area contributed by atoms with Gasteiger partial charge in [0.2, 0.25) is 17.9 Å². The number of aliphatic hydroxyl groups is 5. The normalized spacial score (nSPS) is 32.4. The van der Waals surface area contributed by atoms with Gasteiger partial charge in [-0.15, -0.1) is 0 Å². The molecule has 9 atom stereocenters. The number of carbonyl (C=O) groups excluding carboxylic acids is 2. The van der Waals surface area contributed by atoms with Crippen molar-refractivity contribution >= 4 is 22.8 Å². The number of hydrogen-bond donors (Lipinski definition) is 6. The summed E-state index contributed by atoms with van der Waals surface area (Å²) in [5, 5.41) is 55.3. The molecule has 2 aromatic rings. The van der Waals surface area contributed by atoms with E-state index >= 15 is 0 Å². The average molecular weight is 634 g/mol. The van der Waals surface area contributed by atoms with E-state index in [1.165, 1.54) is 0 Å². The van der Waals surface area contributed by atoms with E-state index < -0.39 is 42.9 Å². The Morgan fingerprint density at radius 1 is 1.09 bits per heavy atom. The molecule has 13 heteroatoms. The molecule has 4 aliphatic rings. The Bertz CT molecular complexity index is 1420. The highest BCUT2D eigenvalue weighted by Gasteiger charge is 2.50. The van der Waals surface area contributed by atoms with E-state index in [0.717, 1.165) is 22.9 Å². The molecule has 0 radical (unpaired) electrons. The van der Waals surface area contributed by atoms with E-state index in [4.69, 9.17) is 23.4 Å². The van der Waals surface area contributed by atoms with Crippen LogP contribution < -0.4 is 14.8 Å². The number of amides is 1. The third-order valence-electron chi connectivity index (χ3n) is 9.71. The third-order valence-corrected chi connectivity index (χ3v) is 9.71. The lowest BCUT2D eigenvalue weighted by Gasteiger charge is -2.41. The van der Waals surface area contributed by atoms with Crippen LogP contribution in [0.2, 0.25) is 0 Å². The lowest BCUT2D eigenvalue weighted by Crippen LogP contribution is -2.62. The number of ether oxygens (including phenoxy) is 4. The second kappa shape index (κ2) is 12.7. The highest BCUT2D eigenvalue weighted by molar-refractivity contribution is 5.97. The molecule has 6 N–H and O–H groups in total. The zero-order valence-electron chi connectivity index (χ0n) is 25.7. The molecule has 2 saturated heterocycles. The maximum absolute atomic E-state index is 13.2. The maximum Gasteiger partial charge on any atom is 0.309 e. The monoisotopic (exact) mass is 633 g/mol. The number of rotatable bonds is 10. The van der Waals surface area contributed by atoms with E-state index in [1.54, 1.807) is 13.2 Å². The summed E-state index contributed by atoms with van der Waals surface area (Å²) in [6, 6.07) is 0. The predicted molar refractivity (Wildman–Crippen MR) is 156 cm³/mol. The lowest BCUT2D eigenvalue weighted by molar-refractivity contribution is -0.310. The predicted octanol–water partition coefficient (Wildman–Crippen LogP) is 1.19. The molecule has 2 aliphatic heterocycles. The van der Waals surface area contributed by atoms with E-state index in [0.29, 0.717) is 49.5 Å². The summed E-state index contributed by atoms with van der Waals surface area (Å²) in [4.78, 5) is 26.2. The van der Waals surface area contributed by atoms with Crippen molar-refractivity contribution in [1.82, 2.24) is 5.32 Å². The molecule has 0 spiro atoms. The van der Waals surface area contributed by atoms with E-state index in [-0.39, 0.29) is 54.2 Å². The molecule has 2 aliphatic carbocycles. The van der Waals surface area contributed by atoms with Crippen molar-refractivity contribution in [1.29, 1.82) is 0 Å². The Hall–Kier alpha value is -2.94. The van der Waals surface area contributed by atoms with Crippen LogP contribution in [0, 0.1) is 17.8 Å². The van der Waals surface area contributed by atoms with Crippen LogP contribution in [0.4, 0.5) is 0 Å². The van der Waals surface area contributed by atoms with Crippen molar-refractivity contribution in [2.75, 3.05) is 19.8 Å². The number of esters is 1. The van der Waals surface area contributed by atoms with Gasteiger partial charge in [-0.05, 0) is 56.4 Å². The van der Waals surface area contributed by atoms with Gasteiger partial charge in [-0.1, -0.05) is 13.8 Å². The molecule has 0 bridgehead atoms. The summed E-state index contributed by atoms with van der Waals surface area (Å²) in [5.74, 6) is -0.928. The van der Waals surface area contributed by atoms with E-state index in [9.17, 15) is 35.1 Å². The van der Waals surface area contributed by atoms with Crippen molar-refractivity contribution in [3.63, 3.8) is 0 Å². The zero-order chi connectivity index (χ0) is 32.2. The average Bonchev–Trinajstić information content (AvgIpc) is 3.55. The van der Waals surface area contributed by atoms with Crippen LogP contribution in [0.3, 0.4) is 0 Å². The summed E-state index contributed by atoms with van der Waals surface area (Å²) < 4.78 is 30.0. The first-order valence-electron chi connectivity index (χ1n) is 15.9. The van der Waals surface area contributed by atoms with Gasteiger partial charge in [-0.25, -0.2) is 0 Å². The van der Waals surface area contributed by atoms with Gasteiger partial charge in [0, 0.05) is 34.9 Å². The molecule has 0 saturated carbocycles. The first-order chi connectivity index (χ1) is 21.5. The number of hydrogen-bond acceptors (Lipinski definition) is 12. The second-order valence-electron chi connectivity index (χ2n) is 13.1. The van der Waals surface area contributed by atoms with Crippen molar-refractivity contribution in [3.8, 4) is 11.5 Å². The van der Waals surface area contributed by atoms with Crippen molar-refractivity contribution in [2.45, 2.75) is 102 Å². The quantitative estimate of drug-likeness (QED) is 0.124. The zero-order valence-corrected chi connectivity index (χ0v) is 25.7. The summed E-state index contributed by atoms with van der Waals surface area (Å²) >= 11 is 0. The molecule has 1 amide bonds. The Labute approximate surface area is 260 Å². The van der Waals surface area contributed by atoms with Gasteiger partial charge in [-0.3, -0.25) is 9.59 Å². The summed E-state index contributed by atoms with van der Waals surface area (Å²) in [6.07, 6.45) is -6.51. The molecule has 248 valence electrons. The largest absolute Gasteiger partial charge is 0.486 e. The van der Waals surface area contributed by atoms with Crippen LogP contribution in [0.1, 0.15) is 75.0 Å². The molecule has 13 nitrogen and oxygen atoms in total. The number of nitrogens with one attached hydrogen (secondary N) is 1. The maximum atomic E-state index is 13.2. The minimum Gasteiger partial charge on any atom is -0.486 e. The minimum absolute atomic E-state index is 0.0523. The van der Waals surface area contributed by atoms with Crippen molar-refractivity contribution in [2.24, 2.45) is 17.8 Å². The van der Waals surface area contributed by atoms with Crippen LogP contribution in [-0.4, -0.2) is 94.2 Å². The topological polar surface area (TPSA) is 197 Å². The third kappa shape index (κ3) is 5.68. The van der Waals surface area contributed by atoms with E-state index in [2.05, 4.69) is 19.2 Å². The first kappa shape index (κ1) is 32.0. The van der Waals surface area contributed by atoms with E-state index in [1.807, 2.05) is 0 Å². The molecule has 6 rings (SSSR count). The van der Waals surface area contributed by atoms with Gasteiger partial charge in [0.15, 0.2) is 17.6 Å². The van der Waals surface area contributed by atoms with Gasteiger partial charge in [0.25, 0.3) is 0 Å². The van der Waals surface area contributed by atoms with Gasteiger partial charge < -0.3 is 54.2 Å². The van der Waals surface area contributed by atoms with Gasteiger partial charge >= 0.3 is 5.97 Å². The second-order valence-corrected chi connectivity index (χ2v) is 13.1. The van der Waals surface area contributed by atoms with Crippen LogP contribution >= 0.6 is 0 Å². The highest BCUT2D eigenvalue weighted by atomic mass is 16.7. The number of carbonyl (C=O) groups is 2. The smallest absolute Gasteiger partial charge is 0.309 e. The SMILES string of the molecule is CCOC(=O)[C@H]1Cc2c(O[C@H]3O[C@H](C(O)O)[C@@H](O)[C@H](O)[C@H]3O)c(OCCCC(C)C)c3occ4c3c2[C@@H](C1)C[C@H]1C(=O)NC[C@@H]41. The number of aliphatic hydroxyl groups excluding tert-OH is 4. The van der Waals surface area contributed by atoms with Crippen molar-refractivity contribution in [3.05, 3.63) is 23.0 Å². The molecular formula is C32H43NO12. The molecule has 2 fully saturated rings. The van der Waals surface area contributed by atoms with Crippen LogP contribution in [-0.2, 0) is 25.5 Å². The Morgan fingerprint density at radius 2 is 1.87 bits per heavy atom. The number of fused-ring (bicyclic) bond motifs is 2. The number of furan rings is 1. The molecule has 0 unspecified atom stereocenters. The fourth-order valence-corrected chi connectivity index (χ4v) is 7.53. The van der Waals surface area contributed by atoms with Gasteiger partial charge in [0.05, 0.1) is 25.4 Å². The summed E-state index contributed by atoms with van der Waals surface area (Å²) in [5.41, 5.74) is 2.74. The van der Waals surface area contributed by atoms with Crippen molar-refractivity contribution < 1.29 is 58.5 Å². The molecule has 1 aromatic heterocycles. The van der Waals surface area contributed by atoms with Gasteiger partial charge in [-0.2, -0.15) is 0 Å². The Balaban J connectivity index is 1.52. The fraction of sp³-hybridized carbons (Fsp3) is 0.688. The molecule has 45 heavy (non-hydrogen) atoms. The number of benzene rings is 1. The fourth-order valence-electron chi connectivity index (χ4n) is 7.53. The molecular weight excluding hydrogens is 590 g/mol. The van der Waals surface area contributed by atoms with Gasteiger partial charge in [0.1, 0.15) is 24.4 Å². The van der Waals surface area contributed by atoms with Crippen LogP contribution in [0.25, 0.3) is 11.0 Å². The first-order valence-corrected chi connectivity index (χ1v) is 15.9. The Kier molecular flexibility index (Phi) is 9.03. The lowest BCUT2D eigenvalue weighted by atomic mass is 9.72. The van der Waals surface area contributed by atoms with Crippen LogP contribution in [0.5, 0.6) is 11.5 Å². The Morgan fingerprint density at radius 3 is 2.58 bits per heavy atom. The summed E-state index contributed by atoms with van der Waals surface area (Å²) in [7, 11) is 0. The van der Waals surface area contributed by atoms with Crippen LogP contribution in [0.15, 0.2) is 10.7 Å². The minimum atomic E-state index is -2.18. The summed E-state index contributed by atoms with van der Waals surface area (Å²) in [6.45, 7) is 6.90. The standard InChI is InChI=1S/C32H43NO12/c1-4-41-31(40)15-8-14-9-16-18(11-33-29(16)37)19-12-43-26-21(19)20(14)17(10-15)25(28(26)42-7-5-6-13(2)3)44-32-24(36)22(34)23(35)27(45-32)30(38)39/h12-16,18,22-24,27,30,32,34-36,38-39H,4-11H2,1-3H3,(H,33,37)/t14-,15+,16+,18+,22-,23-,24+,27-,32-/m0/s1. The molecule has 1 aromatic carbocycles. The highest BCUT2D eigenvalue weighted by Crippen LogP contribution is 2.57.